The lowest BCUT2D eigenvalue weighted by Gasteiger charge is -2.21. The van der Waals surface area contributed by atoms with Gasteiger partial charge in [0.05, 0.1) is 12.6 Å². The number of carbonyl (C=O) groups excluding carboxylic acids is 2. The summed E-state index contributed by atoms with van der Waals surface area (Å²) in [5.74, 6) is 0. The van der Waals surface area contributed by atoms with Gasteiger partial charge in [-0.3, -0.25) is 10.0 Å². The molecule has 1 rings (SSSR count). The molecule has 1 atom stereocenters. The molecule has 0 aliphatic heterocycles. The number of rotatable bonds is 9. The minimum Gasteiger partial charge on any atom is -0.334 e. The zero-order valence-corrected chi connectivity index (χ0v) is 12.3. The molecule has 116 valence electrons. The van der Waals surface area contributed by atoms with Crippen LogP contribution in [0.1, 0.15) is 31.7 Å². The van der Waals surface area contributed by atoms with Gasteiger partial charge in [0.1, 0.15) is 0 Å². The number of benzene rings is 1. The van der Waals surface area contributed by atoms with Gasteiger partial charge in [-0.1, -0.05) is 50.1 Å². The summed E-state index contributed by atoms with van der Waals surface area (Å²) in [6.07, 6.45) is 2.94. The maximum absolute atomic E-state index is 11.8. The molecule has 6 heteroatoms. The molecule has 0 heterocycles. The normalized spacial score (nSPS) is 11.5. The second kappa shape index (κ2) is 9.77. The van der Waals surface area contributed by atoms with Crippen LogP contribution in [0.3, 0.4) is 0 Å². The summed E-state index contributed by atoms with van der Waals surface area (Å²) >= 11 is 0. The van der Waals surface area contributed by atoms with Gasteiger partial charge in [0.2, 0.25) is 6.41 Å². The molecule has 6 nitrogen and oxygen atoms in total. The van der Waals surface area contributed by atoms with Crippen LogP contribution in [0.2, 0.25) is 0 Å². The molecule has 3 N–H and O–H groups in total. The highest BCUT2D eigenvalue weighted by molar-refractivity contribution is 5.74. The average molecular weight is 293 g/mol. The van der Waals surface area contributed by atoms with Crippen molar-refractivity contribution in [1.82, 2.24) is 15.7 Å². The zero-order chi connectivity index (χ0) is 15.5. The minimum atomic E-state index is -0.306. The molecule has 0 saturated heterocycles. The van der Waals surface area contributed by atoms with Crippen LogP contribution < -0.4 is 10.6 Å². The second-order valence-electron chi connectivity index (χ2n) is 4.88. The fraction of sp³-hybridized carbons (Fsp3) is 0.467. The van der Waals surface area contributed by atoms with Crippen molar-refractivity contribution in [3.8, 4) is 0 Å². The molecule has 0 saturated carbocycles. The van der Waals surface area contributed by atoms with Crippen molar-refractivity contribution in [3.63, 3.8) is 0 Å². The first-order valence-corrected chi connectivity index (χ1v) is 7.14. The van der Waals surface area contributed by atoms with E-state index in [-0.39, 0.29) is 18.6 Å². The molecular weight excluding hydrogens is 270 g/mol. The number of nitrogens with one attached hydrogen (secondary N) is 2. The molecule has 0 aliphatic carbocycles. The van der Waals surface area contributed by atoms with Gasteiger partial charge >= 0.3 is 6.03 Å². The summed E-state index contributed by atoms with van der Waals surface area (Å²) in [4.78, 5) is 22.3. The van der Waals surface area contributed by atoms with Crippen LogP contribution in [0, 0.1) is 0 Å². The Morgan fingerprint density at radius 1 is 1.38 bits per heavy atom. The smallest absolute Gasteiger partial charge is 0.315 e. The summed E-state index contributed by atoms with van der Waals surface area (Å²) in [6, 6.07) is 9.02. The molecule has 21 heavy (non-hydrogen) atoms. The SMILES string of the molecule is CCCC[C@H](CN(O)C=O)NC(=O)NCc1ccccc1. The monoisotopic (exact) mass is 293 g/mol. The molecule has 0 radical (unpaired) electrons. The molecule has 0 aliphatic rings. The van der Waals surface area contributed by atoms with Crippen LogP contribution in [-0.4, -0.2) is 35.3 Å². The Morgan fingerprint density at radius 2 is 2.10 bits per heavy atom. The van der Waals surface area contributed by atoms with E-state index in [0.29, 0.717) is 24.4 Å². The Morgan fingerprint density at radius 3 is 2.71 bits per heavy atom. The molecule has 0 fully saturated rings. The van der Waals surface area contributed by atoms with Crippen LogP contribution >= 0.6 is 0 Å². The van der Waals surface area contributed by atoms with Crippen molar-refractivity contribution in [1.29, 1.82) is 0 Å². The Balaban J connectivity index is 2.41. The summed E-state index contributed by atoms with van der Waals surface area (Å²) in [7, 11) is 0. The van der Waals surface area contributed by atoms with Gasteiger partial charge in [0.15, 0.2) is 0 Å². The Labute approximate surface area is 125 Å². The van der Waals surface area contributed by atoms with Gasteiger partial charge in [-0.05, 0) is 12.0 Å². The number of amides is 3. The molecule has 1 aromatic carbocycles. The highest BCUT2D eigenvalue weighted by atomic mass is 16.5. The first-order chi connectivity index (χ1) is 10.2. The quantitative estimate of drug-likeness (QED) is 0.369. The van der Waals surface area contributed by atoms with Crippen molar-refractivity contribution in [2.75, 3.05) is 6.54 Å². The standard InChI is InChI=1S/C15H23N3O3/c1-2-3-9-14(11-18(21)12-19)17-15(20)16-10-13-7-5-4-6-8-13/h4-8,12,14,21H,2-3,9-11H2,1H3,(H2,16,17,20)/t14-/m1/s1. The van der Waals surface area contributed by atoms with Crippen molar-refractivity contribution >= 4 is 12.4 Å². The van der Waals surface area contributed by atoms with Crippen LogP contribution in [0.5, 0.6) is 0 Å². The summed E-state index contributed by atoms with van der Waals surface area (Å²) < 4.78 is 0. The largest absolute Gasteiger partial charge is 0.334 e. The lowest BCUT2D eigenvalue weighted by molar-refractivity contribution is -0.151. The van der Waals surface area contributed by atoms with E-state index in [2.05, 4.69) is 10.6 Å². The number of urea groups is 1. The van der Waals surface area contributed by atoms with E-state index in [9.17, 15) is 14.8 Å². The zero-order valence-electron chi connectivity index (χ0n) is 12.3. The minimum absolute atomic E-state index is 0.0856. The molecule has 1 aromatic rings. The maximum atomic E-state index is 11.8. The maximum Gasteiger partial charge on any atom is 0.315 e. The Kier molecular flexibility index (Phi) is 7.89. The van der Waals surface area contributed by atoms with Crippen molar-refractivity contribution < 1.29 is 14.8 Å². The average Bonchev–Trinajstić information content (AvgIpc) is 2.51. The second-order valence-corrected chi connectivity index (χ2v) is 4.88. The third-order valence-corrected chi connectivity index (χ3v) is 3.07. The third kappa shape index (κ3) is 7.31. The number of hydrogen-bond donors (Lipinski definition) is 3. The molecule has 0 spiro atoms. The summed E-state index contributed by atoms with van der Waals surface area (Å²) in [6.45, 7) is 2.56. The van der Waals surface area contributed by atoms with Crippen LogP contribution in [-0.2, 0) is 11.3 Å². The topological polar surface area (TPSA) is 81.7 Å². The van der Waals surface area contributed by atoms with Gasteiger partial charge in [0, 0.05) is 6.54 Å². The van der Waals surface area contributed by atoms with Crippen molar-refractivity contribution in [2.45, 2.75) is 38.8 Å². The first-order valence-electron chi connectivity index (χ1n) is 7.14. The van der Waals surface area contributed by atoms with Crippen LogP contribution in [0.15, 0.2) is 30.3 Å². The third-order valence-electron chi connectivity index (χ3n) is 3.07. The summed E-state index contributed by atoms with van der Waals surface area (Å²) in [5, 5.41) is 15.3. The number of carbonyl (C=O) groups is 2. The fourth-order valence-corrected chi connectivity index (χ4v) is 1.94. The van der Waals surface area contributed by atoms with Gasteiger partial charge in [-0.2, -0.15) is 0 Å². The van der Waals surface area contributed by atoms with E-state index in [0.717, 1.165) is 18.4 Å². The lowest BCUT2D eigenvalue weighted by atomic mass is 10.1. The lowest BCUT2D eigenvalue weighted by Crippen LogP contribution is -2.46. The van der Waals surface area contributed by atoms with E-state index >= 15 is 0 Å². The molecule has 0 bridgehead atoms. The van der Waals surface area contributed by atoms with Crippen molar-refractivity contribution in [2.24, 2.45) is 0 Å². The predicted molar refractivity (Wildman–Crippen MR) is 79.7 cm³/mol. The first kappa shape index (κ1) is 17.0. The van der Waals surface area contributed by atoms with E-state index in [4.69, 9.17) is 0 Å². The Hall–Kier alpha value is -2.08. The number of hydroxylamine groups is 2. The highest BCUT2D eigenvalue weighted by Gasteiger charge is 2.14. The van der Waals surface area contributed by atoms with E-state index in [1.807, 2.05) is 37.3 Å². The number of nitrogens with zero attached hydrogens (tertiary/aromatic N) is 1. The number of unbranched alkanes of at least 4 members (excludes halogenated alkanes) is 1. The van der Waals surface area contributed by atoms with Gasteiger partial charge in [0.25, 0.3) is 0 Å². The van der Waals surface area contributed by atoms with E-state index < -0.39 is 0 Å². The van der Waals surface area contributed by atoms with Gasteiger partial charge < -0.3 is 10.6 Å². The molecule has 0 unspecified atom stereocenters. The molecule has 0 aromatic heterocycles. The molecule has 3 amide bonds. The van der Waals surface area contributed by atoms with E-state index in [1.54, 1.807) is 0 Å². The van der Waals surface area contributed by atoms with Crippen molar-refractivity contribution in [3.05, 3.63) is 35.9 Å². The summed E-state index contributed by atoms with van der Waals surface area (Å²) in [5.41, 5.74) is 1.01. The van der Waals surface area contributed by atoms with Gasteiger partial charge in [-0.15, -0.1) is 0 Å². The fourth-order valence-electron chi connectivity index (χ4n) is 1.94. The van der Waals surface area contributed by atoms with Crippen LogP contribution in [0.4, 0.5) is 4.79 Å². The van der Waals surface area contributed by atoms with Crippen LogP contribution in [0.25, 0.3) is 0 Å². The Bertz CT molecular complexity index is 425. The molecular formula is C15H23N3O3. The number of hydrogen-bond acceptors (Lipinski definition) is 3. The van der Waals surface area contributed by atoms with E-state index in [1.165, 1.54) is 0 Å². The van der Waals surface area contributed by atoms with Gasteiger partial charge in [-0.25, -0.2) is 9.86 Å². The predicted octanol–water partition coefficient (Wildman–Crippen LogP) is 1.89. The highest BCUT2D eigenvalue weighted by Crippen LogP contribution is 2.02.